The number of nitrogens with two attached hydrogens (primary N) is 1. The fraction of sp³-hybridized carbons (Fsp3) is 0.455. The summed E-state index contributed by atoms with van der Waals surface area (Å²) in [7, 11) is 0. The van der Waals surface area contributed by atoms with Gasteiger partial charge in [-0.2, -0.15) is 5.10 Å². The maximum absolute atomic E-state index is 11.7. The maximum Gasteiger partial charge on any atom is 0.274 e. The number of aryl methyl sites for hydroxylation is 1. The van der Waals surface area contributed by atoms with Crippen LogP contribution in [0.2, 0.25) is 0 Å². The Kier molecular flexibility index (Phi) is 4.10. The first-order chi connectivity index (χ1) is 7.54. The quantitative estimate of drug-likeness (QED) is 0.751. The Morgan fingerprint density at radius 3 is 2.81 bits per heavy atom. The van der Waals surface area contributed by atoms with Crippen LogP contribution in [0.5, 0.6) is 0 Å². The summed E-state index contributed by atoms with van der Waals surface area (Å²) in [6.45, 7) is 7.10. The molecule has 0 atom stereocenters. The van der Waals surface area contributed by atoms with Gasteiger partial charge in [-0.15, -0.1) is 0 Å². The van der Waals surface area contributed by atoms with Crippen molar-refractivity contribution >= 4 is 11.6 Å². The Morgan fingerprint density at radius 2 is 2.31 bits per heavy atom. The molecule has 0 fully saturated rings. The molecule has 0 unspecified atom stereocenters. The highest BCUT2D eigenvalue weighted by Gasteiger charge is 2.13. The Bertz CT molecular complexity index is 402. The van der Waals surface area contributed by atoms with Crippen LogP contribution in [0.25, 0.3) is 0 Å². The van der Waals surface area contributed by atoms with Crippen LogP contribution >= 0.6 is 0 Å². The number of hydrogen-bond acceptors (Lipinski definition) is 3. The first-order valence-corrected chi connectivity index (χ1v) is 5.29. The largest absolute Gasteiger partial charge is 0.396 e. The third-order valence-corrected chi connectivity index (χ3v) is 2.10. The number of amides is 1. The molecule has 88 valence electrons. The van der Waals surface area contributed by atoms with Crippen molar-refractivity contribution in [1.82, 2.24) is 15.1 Å². The topological polar surface area (TPSA) is 72.9 Å². The van der Waals surface area contributed by atoms with E-state index in [2.05, 4.69) is 10.4 Å². The SMILES string of the molecule is CCn1cc(N)c(C(=O)NCC=C(C)C)n1. The highest BCUT2D eigenvalue weighted by atomic mass is 16.1. The Morgan fingerprint density at radius 1 is 1.62 bits per heavy atom. The van der Waals surface area contributed by atoms with E-state index < -0.39 is 0 Å². The third-order valence-electron chi connectivity index (χ3n) is 2.10. The lowest BCUT2D eigenvalue weighted by Crippen LogP contribution is -2.25. The maximum atomic E-state index is 11.7. The lowest BCUT2D eigenvalue weighted by atomic mass is 10.3. The molecule has 0 radical (unpaired) electrons. The molecule has 0 aliphatic heterocycles. The molecular weight excluding hydrogens is 204 g/mol. The molecule has 5 nitrogen and oxygen atoms in total. The van der Waals surface area contributed by atoms with Crippen molar-refractivity contribution in [3.8, 4) is 0 Å². The summed E-state index contributed by atoms with van der Waals surface area (Å²) in [5, 5.41) is 6.82. The minimum absolute atomic E-state index is 0.234. The number of anilines is 1. The molecule has 0 bridgehead atoms. The lowest BCUT2D eigenvalue weighted by molar-refractivity contribution is 0.0953. The molecule has 16 heavy (non-hydrogen) atoms. The Balaban J connectivity index is 2.65. The molecule has 0 aliphatic carbocycles. The zero-order valence-corrected chi connectivity index (χ0v) is 9.95. The van der Waals surface area contributed by atoms with E-state index in [9.17, 15) is 4.79 Å². The molecule has 1 amide bonds. The zero-order valence-electron chi connectivity index (χ0n) is 9.95. The highest BCUT2D eigenvalue weighted by molar-refractivity contribution is 5.97. The predicted octanol–water partition coefficient (Wildman–Crippen LogP) is 1.18. The molecular formula is C11H18N4O. The van der Waals surface area contributed by atoms with Crippen molar-refractivity contribution < 1.29 is 4.79 Å². The van der Waals surface area contributed by atoms with Crippen molar-refractivity contribution in [3.05, 3.63) is 23.5 Å². The van der Waals surface area contributed by atoms with Gasteiger partial charge in [-0.05, 0) is 20.8 Å². The minimum atomic E-state index is -0.234. The van der Waals surface area contributed by atoms with Crippen molar-refractivity contribution in [1.29, 1.82) is 0 Å². The van der Waals surface area contributed by atoms with Crippen LogP contribution < -0.4 is 11.1 Å². The van der Waals surface area contributed by atoms with Crippen LogP contribution in [-0.4, -0.2) is 22.2 Å². The number of carbonyl (C=O) groups is 1. The summed E-state index contributed by atoms with van der Waals surface area (Å²) in [5.74, 6) is -0.234. The van der Waals surface area contributed by atoms with Crippen LogP contribution in [0.4, 0.5) is 5.69 Å². The number of hydrogen-bond donors (Lipinski definition) is 2. The molecule has 1 rings (SSSR count). The monoisotopic (exact) mass is 222 g/mol. The van der Waals surface area contributed by atoms with Crippen LogP contribution in [0, 0.1) is 0 Å². The van der Waals surface area contributed by atoms with E-state index in [1.165, 1.54) is 0 Å². The van der Waals surface area contributed by atoms with E-state index in [1.807, 2.05) is 26.8 Å². The molecule has 0 saturated heterocycles. The number of nitrogen functional groups attached to an aromatic ring is 1. The standard InChI is InChI=1S/C11H18N4O/c1-4-15-7-9(12)10(14-15)11(16)13-6-5-8(2)3/h5,7H,4,6,12H2,1-3H3,(H,13,16). The first-order valence-electron chi connectivity index (χ1n) is 5.29. The normalized spacial score (nSPS) is 9.94. The van der Waals surface area contributed by atoms with Gasteiger partial charge in [0.25, 0.3) is 5.91 Å². The van der Waals surface area contributed by atoms with E-state index in [1.54, 1.807) is 10.9 Å². The van der Waals surface area contributed by atoms with E-state index in [-0.39, 0.29) is 5.91 Å². The second kappa shape index (κ2) is 5.34. The number of aromatic nitrogens is 2. The predicted molar refractivity (Wildman–Crippen MR) is 64.1 cm³/mol. The van der Waals surface area contributed by atoms with Gasteiger partial charge in [0, 0.05) is 19.3 Å². The highest BCUT2D eigenvalue weighted by Crippen LogP contribution is 2.08. The minimum Gasteiger partial charge on any atom is -0.396 e. The van der Waals surface area contributed by atoms with Crippen molar-refractivity contribution in [2.24, 2.45) is 0 Å². The van der Waals surface area contributed by atoms with Gasteiger partial charge in [0.05, 0.1) is 5.69 Å². The lowest BCUT2D eigenvalue weighted by Gasteiger charge is -2.00. The van der Waals surface area contributed by atoms with Gasteiger partial charge in [-0.25, -0.2) is 0 Å². The van der Waals surface area contributed by atoms with Gasteiger partial charge in [-0.3, -0.25) is 9.48 Å². The molecule has 0 saturated carbocycles. The molecule has 1 aromatic heterocycles. The van der Waals surface area contributed by atoms with Crippen LogP contribution in [-0.2, 0) is 6.54 Å². The Hall–Kier alpha value is -1.78. The molecule has 1 aromatic rings. The van der Waals surface area contributed by atoms with Crippen molar-refractivity contribution in [2.75, 3.05) is 12.3 Å². The summed E-state index contributed by atoms with van der Waals surface area (Å²) in [4.78, 5) is 11.7. The summed E-state index contributed by atoms with van der Waals surface area (Å²) < 4.78 is 1.64. The number of allylic oxidation sites excluding steroid dienone is 1. The summed E-state index contributed by atoms with van der Waals surface area (Å²) in [6, 6.07) is 0. The molecule has 1 heterocycles. The van der Waals surface area contributed by atoms with Crippen molar-refractivity contribution in [2.45, 2.75) is 27.3 Å². The summed E-state index contributed by atoms with van der Waals surface area (Å²) in [5.41, 5.74) is 7.56. The summed E-state index contributed by atoms with van der Waals surface area (Å²) in [6.07, 6.45) is 3.60. The smallest absolute Gasteiger partial charge is 0.274 e. The average molecular weight is 222 g/mol. The van der Waals surface area contributed by atoms with Gasteiger partial charge in [0.2, 0.25) is 0 Å². The summed E-state index contributed by atoms with van der Waals surface area (Å²) >= 11 is 0. The number of nitrogens with one attached hydrogen (secondary N) is 1. The zero-order chi connectivity index (χ0) is 12.1. The molecule has 0 aromatic carbocycles. The van der Waals surface area contributed by atoms with Gasteiger partial charge in [0.15, 0.2) is 5.69 Å². The second-order valence-corrected chi connectivity index (χ2v) is 3.78. The third kappa shape index (κ3) is 3.12. The van der Waals surface area contributed by atoms with Crippen LogP contribution in [0.1, 0.15) is 31.3 Å². The number of carbonyl (C=O) groups excluding carboxylic acids is 1. The molecule has 0 spiro atoms. The molecule has 0 aliphatic rings. The van der Waals surface area contributed by atoms with E-state index >= 15 is 0 Å². The number of nitrogens with zero attached hydrogens (tertiary/aromatic N) is 2. The first kappa shape index (κ1) is 12.3. The van der Waals surface area contributed by atoms with E-state index in [4.69, 9.17) is 5.73 Å². The van der Waals surface area contributed by atoms with Gasteiger partial charge in [-0.1, -0.05) is 11.6 Å². The fourth-order valence-electron chi connectivity index (χ4n) is 1.21. The van der Waals surface area contributed by atoms with E-state index in [0.29, 0.717) is 24.5 Å². The van der Waals surface area contributed by atoms with Gasteiger partial charge in [0.1, 0.15) is 0 Å². The fourth-order valence-corrected chi connectivity index (χ4v) is 1.21. The molecule has 5 heteroatoms. The van der Waals surface area contributed by atoms with Gasteiger partial charge >= 0.3 is 0 Å². The Labute approximate surface area is 95.3 Å². The van der Waals surface area contributed by atoms with E-state index in [0.717, 1.165) is 5.57 Å². The average Bonchev–Trinajstić information content (AvgIpc) is 2.59. The number of rotatable bonds is 4. The van der Waals surface area contributed by atoms with Crippen LogP contribution in [0.3, 0.4) is 0 Å². The van der Waals surface area contributed by atoms with Crippen molar-refractivity contribution in [3.63, 3.8) is 0 Å². The van der Waals surface area contributed by atoms with Gasteiger partial charge < -0.3 is 11.1 Å². The molecule has 3 N–H and O–H groups in total. The van der Waals surface area contributed by atoms with Crippen LogP contribution in [0.15, 0.2) is 17.8 Å². The second-order valence-electron chi connectivity index (χ2n) is 3.78.